The molecule has 6 heteroatoms. The van der Waals surface area contributed by atoms with Crippen LogP contribution in [0, 0.1) is 6.92 Å². The molecule has 0 saturated heterocycles. The van der Waals surface area contributed by atoms with E-state index in [9.17, 15) is 0 Å². The van der Waals surface area contributed by atoms with Gasteiger partial charge in [-0.2, -0.15) is 0 Å². The lowest BCUT2D eigenvalue weighted by atomic mass is 10.1. The summed E-state index contributed by atoms with van der Waals surface area (Å²) in [7, 11) is 1.66. The third kappa shape index (κ3) is 8.42. The molecule has 0 unspecified atom stereocenters. The maximum absolute atomic E-state index is 5.88. The molecule has 0 fully saturated rings. The monoisotopic (exact) mass is 323 g/mol. The summed E-state index contributed by atoms with van der Waals surface area (Å²) in [6.07, 6.45) is 0.903. The van der Waals surface area contributed by atoms with Crippen LogP contribution in [0.5, 0.6) is 5.75 Å². The van der Waals surface area contributed by atoms with Gasteiger partial charge in [-0.05, 0) is 31.9 Å². The molecule has 1 aromatic rings. The Hall–Kier alpha value is -1.79. The van der Waals surface area contributed by atoms with E-state index in [0.717, 1.165) is 43.1 Å². The Morgan fingerprint density at radius 2 is 2.09 bits per heavy atom. The normalized spacial score (nSPS) is 11.5. The van der Waals surface area contributed by atoms with E-state index in [1.165, 1.54) is 0 Å². The smallest absolute Gasteiger partial charge is 0.188 e. The van der Waals surface area contributed by atoms with Crippen molar-refractivity contribution in [3.63, 3.8) is 0 Å². The average molecular weight is 323 g/mol. The highest BCUT2D eigenvalue weighted by Crippen LogP contribution is 2.21. The highest BCUT2D eigenvalue weighted by atomic mass is 16.5. The lowest BCUT2D eigenvalue weighted by molar-refractivity contribution is 0.145. The number of aliphatic imine (C=N–C) groups is 1. The van der Waals surface area contributed by atoms with Gasteiger partial charge in [0.15, 0.2) is 5.96 Å². The van der Waals surface area contributed by atoms with Gasteiger partial charge in [0, 0.05) is 32.4 Å². The van der Waals surface area contributed by atoms with Gasteiger partial charge in [0.05, 0.1) is 13.2 Å². The second kappa shape index (κ2) is 11.7. The summed E-state index contributed by atoms with van der Waals surface area (Å²) in [4.78, 5) is 4.36. The fourth-order valence-corrected chi connectivity index (χ4v) is 1.92. The highest BCUT2D eigenvalue weighted by Gasteiger charge is 2.04. The first-order valence-corrected chi connectivity index (χ1v) is 8.00. The van der Waals surface area contributed by atoms with E-state index in [-0.39, 0.29) is 0 Å². The summed E-state index contributed by atoms with van der Waals surface area (Å²) in [5, 5.41) is 3.08. The van der Waals surface area contributed by atoms with Gasteiger partial charge in [0.2, 0.25) is 0 Å². The van der Waals surface area contributed by atoms with Crippen LogP contribution in [-0.4, -0.2) is 46.0 Å². The standard InChI is InChI=1S/C17H29N3O3/c1-4-22-9-5-8-19-17(18)20-13-15-7-6-14(2)12-16(15)23-11-10-21-3/h6-7,12H,4-5,8-11,13H2,1-3H3,(H3,18,19,20). The topological polar surface area (TPSA) is 78.1 Å². The lowest BCUT2D eigenvalue weighted by Gasteiger charge is -2.11. The van der Waals surface area contributed by atoms with Crippen LogP contribution < -0.4 is 15.8 Å². The summed E-state index contributed by atoms with van der Waals surface area (Å²) in [5.74, 6) is 1.26. The Morgan fingerprint density at radius 1 is 1.26 bits per heavy atom. The maximum atomic E-state index is 5.88. The second-order valence-corrected chi connectivity index (χ2v) is 5.13. The molecular weight excluding hydrogens is 294 g/mol. The van der Waals surface area contributed by atoms with Crippen LogP contribution in [0.2, 0.25) is 0 Å². The molecule has 0 bridgehead atoms. The zero-order chi connectivity index (χ0) is 16.9. The molecule has 0 aliphatic rings. The summed E-state index contributed by atoms with van der Waals surface area (Å²) < 4.78 is 16.0. The highest BCUT2D eigenvalue weighted by molar-refractivity contribution is 5.77. The lowest BCUT2D eigenvalue weighted by Crippen LogP contribution is -2.32. The van der Waals surface area contributed by atoms with E-state index in [1.54, 1.807) is 7.11 Å². The van der Waals surface area contributed by atoms with Crippen LogP contribution in [0.1, 0.15) is 24.5 Å². The van der Waals surface area contributed by atoms with Crippen molar-refractivity contribution in [1.82, 2.24) is 5.32 Å². The van der Waals surface area contributed by atoms with Crippen LogP contribution in [0.25, 0.3) is 0 Å². The molecule has 0 aromatic heterocycles. The average Bonchev–Trinajstić information content (AvgIpc) is 2.54. The van der Waals surface area contributed by atoms with E-state index in [0.29, 0.717) is 25.7 Å². The Balaban J connectivity index is 2.49. The molecule has 1 aromatic carbocycles. The van der Waals surface area contributed by atoms with E-state index in [1.807, 2.05) is 32.0 Å². The first kappa shape index (κ1) is 19.3. The third-order valence-electron chi connectivity index (χ3n) is 3.16. The molecule has 0 radical (unpaired) electrons. The molecule has 0 heterocycles. The zero-order valence-corrected chi connectivity index (χ0v) is 14.4. The van der Waals surface area contributed by atoms with Gasteiger partial charge in [-0.3, -0.25) is 0 Å². The Kier molecular flexibility index (Phi) is 9.83. The van der Waals surface area contributed by atoms with Gasteiger partial charge in [0.25, 0.3) is 0 Å². The molecular formula is C17H29N3O3. The van der Waals surface area contributed by atoms with Crippen molar-refractivity contribution in [2.75, 3.05) is 40.1 Å². The number of ether oxygens (including phenoxy) is 3. The van der Waals surface area contributed by atoms with Crippen molar-refractivity contribution < 1.29 is 14.2 Å². The number of methoxy groups -OCH3 is 1. The maximum Gasteiger partial charge on any atom is 0.188 e. The number of nitrogens with zero attached hydrogens (tertiary/aromatic N) is 1. The van der Waals surface area contributed by atoms with Crippen molar-refractivity contribution in [3.8, 4) is 5.75 Å². The molecule has 0 aliphatic carbocycles. The van der Waals surface area contributed by atoms with Crippen molar-refractivity contribution >= 4 is 5.96 Å². The number of benzene rings is 1. The van der Waals surface area contributed by atoms with E-state index in [2.05, 4.69) is 10.3 Å². The first-order valence-electron chi connectivity index (χ1n) is 8.00. The fraction of sp³-hybridized carbons (Fsp3) is 0.588. The number of rotatable bonds is 11. The minimum Gasteiger partial charge on any atom is -0.491 e. The summed E-state index contributed by atoms with van der Waals surface area (Å²) in [5.41, 5.74) is 8.03. The molecule has 0 amide bonds. The Bertz CT molecular complexity index is 478. The SMILES string of the molecule is CCOCCCNC(N)=NCc1ccc(C)cc1OCCOC. The Morgan fingerprint density at radius 3 is 2.83 bits per heavy atom. The summed E-state index contributed by atoms with van der Waals surface area (Å²) in [6.45, 7) is 7.78. The van der Waals surface area contributed by atoms with Gasteiger partial charge < -0.3 is 25.3 Å². The number of nitrogens with one attached hydrogen (secondary N) is 1. The van der Waals surface area contributed by atoms with E-state index in [4.69, 9.17) is 19.9 Å². The minimum atomic E-state index is 0.435. The predicted octanol–water partition coefficient (Wildman–Crippen LogP) is 1.85. The fourth-order valence-electron chi connectivity index (χ4n) is 1.92. The summed E-state index contributed by atoms with van der Waals surface area (Å²) >= 11 is 0. The number of guanidine groups is 1. The van der Waals surface area contributed by atoms with Crippen molar-refractivity contribution in [2.24, 2.45) is 10.7 Å². The van der Waals surface area contributed by atoms with Crippen molar-refractivity contribution in [2.45, 2.75) is 26.8 Å². The molecule has 3 N–H and O–H groups in total. The van der Waals surface area contributed by atoms with E-state index < -0.39 is 0 Å². The van der Waals surface area contributed by atoms with Crippen LogP contribution in [0.3, 0.4) is 0 Å². The van der Waals surface area contributed by atoms with Crippen LogP contribution in [0.15, 0.2) is 23.2 Å². The Labute approximate surface area is 139 Å². The second-order valence-electron chi connectivity index (χ2n) is 5.13. The number of hydrogen-bond donors (Lipinski definition) is 2. The molecule has 130 valence electrons. The quantitative estimate of drug-likeness (QED) is 0.369. The van der Waals surface area contributed by atoms with Crippen LogP contribution >= 0.6 is 0 Å². The largest absolute Gasteiger partial charge is 0.491 e. The minimum absolute atomic E-state index is 0.435. The molecule has 0 atom stereocenters. The molecule has 0 saturated carbocycles. The van der Waals surface area contributed by atoms with Crippen molar-refractivity contribution in [3.05, 3.63) is 29.3 Å². The first-order chi connectivity index (χ1) is 11.2. The predicted molar refractivity (Wildman–Crippen MR) is 93.0 cm³/mol. The van der Waals surface area contributed by atoms with Crippen LogP contribution in [-0.2, 0) is 16.0 Å². The molecule has 0 spiro atoms. The number of nitrogens with two attached hydrogens (primary N) is 1. The molecule has 23 heavy (non-hydrogen) atoms. The number of hydrogen-bond acceptors (Lipinski definition) is 4. The van der Waals surface area contributed by atoms with Gasteiger partial charge >= 0.3 is 0 Å². The zero-order valence-electron chi connectivity index (χ0n) is 14.4. The van der Waals surface area contributed by atoms with Gasteiger partial charge in [-0.25, -0.2) is 4.99 Å². The van der Waals surface area contributed by atoms with Gasteiger partial charge in [-0.1, -0.05) is 12.1 Å². The van der Waals surface area contributed by atoms with Crippen LogP contribution in [0.4, 0.5) is 0 Å². The van der Waals surface area contributed by atoms with Gasteiger partial charge in [0.1, 0.15) is 12.4 Å². The molecule has 1 rings (SSSR count). The van der Waals surface area contributed by atoms with Gasteiger partial charge in [-0.15, -0.1) is 0 Å². The van der Waals surface area contributed by atoms with Crippen molar-refractivity contribution in [1.29, 1.82) is 0 Å². The van der Waals surface area contributed by atoms with E-state index >= 15 is 0 Å². The molecule has 6 nitrogen and oxygen atoms in total. The number of aryl methyl sites for hydroxylation is 1. The molecule has 0 aliphatic heterocycles. The third-order valence-corrected chi connectivity index (χ3v) is 3.16. The summed E-state index contributed by atoms with van der Waals surface area (Å²) in [6, 6.07) is 6.06.